The number of alkyl halides is 2. The van der Waals surface area contributed by atoms with E-state index in [0.29, 0.717) is 6.42 Å². The molecule has 1 amide bonds. The van der Waals surface area contributed by atoms with Crippen LogP contribution in [0.4, 0.5) is 8.78 Å². The van der Waals surface area contributed by atoms with Crippen LogP contribution >= 0.6 is 0 Å². The molecule has 0 saturated carbocycles. The normalized spacial score (nSPS) is 13.0. The number of aliphatic hydroxyl groups is 1. The van der Waals surface area contributed by atoms with Gasteiger partial charge in [0.05, 0.1) is 6.10 Å². The van der Waals surface area contributed by atoms with Gasteiger partial charge in [0.25, 0.3) is 0 Å². The molecule has 1 rings (SSSR count). The monoisotopic (exact) mass is 315 g/mol. The van der Waals surface area contributed by atoms with E-state index < -0.39 is 12.7 Å². The molecular formula is C16H23F2NO3. The fourth-order valence-corrected chi connectivity index (χ4v) is 1.70. The molecule has 0 aliphatic rings. The van der Waals surface area contributed by atoms with Crippen LogP contribution in [0.5, 0.6) is 5.75 Å². The molecular weight excluding hydrogens is 292 g/mol. The molecule has 1 aromatic rings. The van der Waals surface area contributed by atoms with E-state index in [2.05, 4.69) is 10.1 Å². The van der Waals surface area contributed by atoms with Gasteiger partial charge in [-0.3, -0.25) is 4.79 Å². The largest absolute Gasteiger partial charge is 0.435 e. The molecule has 6 heteroatoms. The van der Waals surface area contributed by atoms with Crippen molar-refractivity contribution in [3.63, 3.8) is 0 Å². The zero-order valence-electron chi connectivity index (χ0n) is 13.1. The van der Waals surface area contributed by atoms with Crippen molar-refractivity contribution in [3.05, 3.63) is 29.8 Å². The summed E-state index contributed by atoms with van der Waals surface area (Å²) in [6.07, 6.45) is 0.153. The fourth-order valence-electron chi connectivity index (χ4n) is 1.70. The number of hydrogen-bond acceptors (Lipinski definition) is 3. The first-order chi connectivity index (χ1) is 10.2. The van der Waals surface area contributed by atoms with Crippen molar-refractivity contribution in [1.82, 2.24) is 5.32 Å². The second kappa shape index (κ2) is 8.08. The number of carbonyl (C=O) groups excluding carboxylic acids is 1. The van der Waals surface area contributed by atoms with Crippen LogP contribution in [-0.2, 0) is 11.2 Å². The van der Waals surface area contributed by atoms with Gasteiger partial charge in [0.1, 0.15) is 5.75 Å². The molecule has 124 valence electrons. The molecule has 0 spiro atoms. The maximum absolute atomic E-state index is 12.0. The minimum atomic E-state index is -2.84. The van der Waals surface area contributed by atoms with Gasteiger partial charge in [-0.1, -0.05) is 32.9 Å². The van der Waals surface area contributed by atoms with Crippen molar-refractivity contribution >= 4 is 5.91 Å². The number of aliphatic hydroxyl groups excluding tert-OH is 1. The quantitative estimate of drug-likeness (QED) is 0.813. The summed E-state index contributed by atoms with van der Waals surface area (Å²) in [5.74, 6) is -0.0623. The maximum Gasteiger partial charge on any atom is 0.387 e. The summed E-state index contributed by atoms with van der Waals surface area (Å²) in [6.45, 7) is 3.06. The first-order valence-corrected chi connectivity index (χ1v) is 7.17. The third-order valence-electron chi connectivity index (χ3n) is 3.28. The molecule has 1 atom stereocenters. The van der Waals surface area contributed by atoms with Crippen LogP contribution in [0.15, 0.2) is 24.3 Å². The van der Waals surface area contributed by atoms with Crippen molar-refractivity contribution in [3.8, 4) is 5.75 Å². The average molecular weight is 315 g/mol. The lowest BCUT2D eigenvalue weighted by Gasteiger charge is -2.25. The lowest BCUT2D eigenvalue weighted by molar-refractivity contribution is -0.121. The van der Waals surface area contributed by atoms with Gasteiger partial charge in [-0.05, 0) is 29.5 Å². The lowest BCUT2D eigenvalue weighted by atomic mass is 9.89. The minimum absolute atomic E-state index is 0.0940. The van der Waals surface area contributed by atoms with Crippen LogP contribution in [0.3, 0.4) is 0 Å². The Kier molecular flexibility index (Phi) is 6.74. The van der Waals surface area contributed by atoms with Gasteiger partial charge in [0, 0.05) is 13.0 Å². The summed E-state index contributed by atoms with van der Waals surface area (Å²) in [6, 6.07) is 6.19. The van der Waals surface area contributed by atoms with E-state index in [-0.39, 0.29) is 30.0 Å². The molecule has 0 aliphatic heterocycles. The Morgan fingerprint density at radius 2 is 1.86 bits per heavy atom. The smallest absolute Gasteiger partial charge is 0.387 e. The number of hydrogen-bond donors (Lipinski definition) is 2. The van der Waals surface area contributed by atoms with E-state index in [4.69, 9.17) is 0 Å². The highest BCUT2D eigenvalue weighted by Crippen LogP contribution is 2.18. The Labute approximate surface area is 129 Å². The van der Waals surface area contributed by atoms with Crippen LogP contribution in [0.25, 0.3) is 0 Å². The lowest BCUT2D eigenvalue weighted by Crippen LogP contribution is -2.39. The van der Waals surface area contributed by atoms with Gasteiger partial charge < -0.3 is 15.2 Å². The Morgan fingerprint density at radius 1 is 1.27 bits per heavy atom. The molecule has 0 heterocycles. The Morgan fingerprint density at radius 3 is 2.36 bits per heavy atom. The predicted octanol–water partition coefficient (Wildman–Crippen LogP) is 2.74. The number of carbonyl (C=O) groups is 1. The SMILES string of the molecule is CC(C)(C)C(O)CNC(=O)CCc1ccc(OC(F)F)cc1. The number of halogens is 2. The Hall–Kier alpha value is -1.69. The van der Waals surface area contributed by atoms with Crippen LogP contribution in [0.2, 0.25) is 0 Å². The minimum Gasteiger partial charge on any atom is -0.435 e. The van der Waals surface area contributed by atoms with Crippen LogP contribution in [-0.4, -0.2) is 30.3 Å². The van der Waals surface area contributed by atoms with Crippen molar-refractivity contribution < 1.29 is 23.4 Å². The van der Waals surface area contributed by atoms with Crippen LogP contribution in [0.1, 0.15) is 32.8 Å². The highest BCUT2D eigenvalue weighted by molar-refractivity contribution is 5.76. The highest BCUT2D eigenvalue weighted by atomic mass is 19.3. The predicted molar refractivity (Wildman–Crippen MR) is 79.9 cm³/mol. The van der Waals surface area contributed by atoms with E-state index in [9.17, 15) is 18.7 Å². The second-order valence-corrected chi connectivity index (χ2v) is 6.21. The van der Waals surface area contributed by atoms with Crippen molar-refractivity contribution in [2.45, 2.75) is 46.3 Å². The topological polar surface area (TPSA) is 58.6 Å². The number of rotatable bonds is 7. The number of aryl methyl sites for hydroxylation is 1. The van der Waals surface area contributed by atoms with Gasteiger partial charge in [-0.2, -0.15) is 8.78 Å². The third kappa shape index (κ3) is 6.85. The van der Waals surface area contributed by atoms with E-state index in [1.54, 1.807) is 12.1 Å². The van der Waals surface area contributed by atoms with E-state index in [0.717, 1.165) is 5.56 Å². The van der Waals surface area contributed by atoms with Gasteiger partial charge >= 0.3 is 6.61 Å². The standard InChI is InChI=1S/C16H23F2NO3/c1-16(2,3)13(20)10-19-14(21)9-6-11-4-7-12(8-5-11)22-15(17)18/h4-5,7-8,13,15,20H,6,9-10H2,1-3H3,(H,19,21). The molecule has 4 nitrogen and oxygen atoms in total. The van der Waals surface area contributed by atoms with Gasteiger partial charge in [0.2, 0.25) is 5.91 Å². The number of nitrogens with one attached hydrogen (secondary N) is 1. The first kappa shape index (κ1) is 18.4. The maximum atomic E-state index is 12.0. The molecule has 0 saturated heterocycles. The first-order valence-electron chi connectivity index (χ1n) is 7.17. The molecule has 0 aliphatic carbocycles. The van der Waals surface area contributed by atoms with Crippen LogP contribution < -0.4 is 10.1 Å². The molecule has 1 unspecified atom stereocenters. The van der Waals surface area contributed by atoms with Crippen molar-refractivity contribution in [2.24, 2.45) is 5.41 Å². The van der Waals surface area contributed by atoms with Gasteiger partial charge in [-0.25, -0.2) is 0 Å². The molecule has 1 aromatic carbocycles. The highest BCUT2D eigenvalue weighted by Gasteiger charge is 2.22. The summed E-state index contributed by atoms with van der Waals surface area (Å²) >= 11 is 0. The zero-order chi connectivity index (χ0) is 16.8. The molecule has 0 bridgehead atoms. The summed E-state index contributed by atoms with van der Waals surface area (Å²) < 4.78 is 28.3. The van der Waals surface area contributed by atoms with Gasteiger partial charge in [0.15, 0.2) is 0 Å². The average Bonchev–Trinajstić information content (AvgIpc) is 2.42. The second-order valence-electron chi connectivity index (χ2n) is 6.21. The van der Waals surface area contributed by atoms with E-state index in [1.807, 2.05) is 20.8 Å². The fraction of sp³-hybridized carbons (Fsp3) is 0.562. The third-order valence-corrected chi connectivity index (χ3v) is 3.28. The van der Waals surface area contributed by atoms with E-state index in [1.165, 1.54) is 12.1 Å². The summed E-state index contributed by atoms with van der Waals surface area (Å²) in [7, 11) is 0. The van der Waals surface area contributed by atoms with Crippen molar-refractivity contribution in [1.29, 1.82) is 0 Å². The summed E-state index contributed by atoms with van der Waals surface area (Å²) in [5.41, 5.74) is 0.571. The molecule has 0 fully saturated rings. The molecule has 0 radical (unpaired) electrons. The van der Waals surface area contributed by atoms with Crippen LogP contribution in [0, 0.1) is 5.41 Å². The summed E-state index contributed by atoms with van der Waals surface area (Å²) in [5, 5.41) is 12.5. The molecule has 0 aromatic heterocycles. The summed E-state index contributed by atoms with van der Waals surface area (Å²) in [4.78, 5) is 11.7. The molecule has 2 N–H and O–H groups in total. The number of ether oxygens (including phenoxy) is 1. The zero-order valence-corrected chi connectivity index (χ0v) is 13.1. The Balaban J connectivity index is 2.35. The van der Waals surface area contributed by atoms with E-state index >= 15 is 0 Å². The van der Waals surface area contributed by atoms with Crippen molar-refractivity contribution in [2.75, 3.05) is 6.54 Å². The number of amides is 1. The van der Waals surface area contributed by atoms with Gasteiger partial charge in [-0.15, -0.1) is 0 Å². The molecule has 22 heavy (non-hydrogen) atoms. The number of benzene rings is 1. The Bertz CT molecular complexity index is 469.